The lowest BCUT2D eigenvalue weighted by molar-refractivity contribution is -0.123. The summed E-state index contributed by atoms with van der Waals surface area (Å²) in [5, 5.41) is 7.54. The van der Waals surface area contributed by atoms with Crippen molar-refractivity contribution in [1.82, 2.24) is 20.0 Å². The molecule has 1 saturated heterocycles. The van der Waals surface area contributed by atoms with Crippen LogP contribution in [0.3, 0.4) is 0 Å². The van der Waals surface area contributed by atoms with Crippen LogP contribution in [0.2, 0.25) is 0 Å². The van der Waals surface area contributed by atoms with Crippen LogP contribution >= 0.6 is 0 Å². The molecule has 3 N–H and O–H groups in total. The van der Waals surface area contributed by atoms with Gasteiger partial charge in [-0.2, -0.15) is 5.10 Å². The van der Waals surface area contributed by atoms with Gasteiger partial charge in [-0.05, 0) is 43.1 Å². The highest BCUT2D eigenvalue weighted by atomic mass is 16.2. The van der Waals surface area contributed by atoms with Crippen LogP contribution in [-0.4, -0.2) is 52.3 Å². The highest BCUT2D eigenvalue weighted by Crippen LogP contribution is 2.44. The number of hydrogen-bond acceptors (Lipinski definition) is 4. The summed E-state index contributed by atoms with van der Waals surface area (Å²) in [5.41, 5.74) is 7.47. The van der Waals surface area contributed by atoms with Crippen LogP contribution in [0.5, 0.6) is 0 Å². The SMILES string of the molecule is Cn1cc([C@@H]2CN(CC(=O)NC(C3CC3)C3CC3)C[C@H]2N)cn1. The third-order valence-electron chi connectivity index (χ3n) is 5.55. The van der Waals surface area contributed by atoms with Crippen molar-refractivity contribution in [1.29, 1.82) is 0 Å². The number of aryl methyl sites for hydroxylation is 1. The summed E-state index contributed by atoms with van der Waals surface area (Å²) in [6.45, 7) is 2.10. The van der Waals surface area contributed by atoms with Crippen LogP contribution in [0.15, 0.2) is 12.4 Å². The highest BCUT2D eigenvalue weighted by Gasteiger charge is 2.42. The lowest BCUT2D eigenvalue weighted by Crippen LogP contribution is -2.44. The summed E-state index contributed by atoms with van der Waals surface area (Å²) in [6, 6.07) is 0.516. The minimum Gasteiger partial charge on any atom is -0.352 e. The largest absolute Gasteiger partial charge is 0.352 e. The minimum absolute atomic E-state index is 0.0784. The molecule has 2 aliphatic carbocycles. The molecule has 0 spiro atoms. The third kappa shape index (κ3) is 3.43. The standard InChI is InChI=1S/C17H27N5O/c1-21-7-13(6-19-21)14-8-22(9-15(14)18)10-16(23)20-17(11-2-3-11)12-4-5-12/h6-7,11-12,14-15,17H,2-5,8-10,18H2,1H3,(H,20,23)/t14-,15+/m0/s1. The average molecular weight is 317 g/mol. The summed E-state index contributed by atoms with van der Waals surface area (Å²) >= 11 is 0. The third-order valence-corrected chi connectivity index (χ3v) is 5.55. The van der Waals surface area contributed by atoms with Gasteiger partial charge in [0.2, 0.25) is 5.91 Å². The number of carbonyl (C=O) groups is 1. The Labute approximate surface area is 137 Å². The first kappa shape index (κ1) is 15.1. The average Bonchev–Trinajstić information content (AvgIpc) is 3.41. The van der Waals surface area contributed by atoms with E-state index in [0.29, 0.717) is 12.6 Å². The number of rotatable bonds is 6. The van der Waals surface area contributed by atoms with Crippen molar-refractivity contribution in [2.45, 2.75) is 43.7 Å². The summed E-state index contributed by atoms with van der Waals surface area (Å²) in [5.74, 6) is 1.94. The molecule has 1 aliphatic heterocycles. The van der Waals surface area contributed by atoms with E-state index in [1.807, 2.05) is 24.1 Å². The van der Waals surface area contributed by atoms with E-state index in [0.717, 1.165) is 24.9 Å². The quantitative estimate of drug-likeness (QED) is 0.799. The van der Waals surface area contributed by atoms with Gasteiger partial charge in [0.05, 0.1) is 12.7 Å². The van der Waals surface area contributed by atoms with Gasteiger partial charge in [-0.15, -0.1) is 0 Å². The molecule has 2 saturated carbocycles. The van der Waals surface area contributed by atoms with Gasteiger partial charge in [-0.1, -0.05) is 0 Å². The van der Waals surface area contributed by atoms with E-state index in [1.54, 1.807) is 0 Å². The number of nitrogens with one attached hydrogen (secondary N) is 1. The number of hydrogen-bond donors (Lipinski definition) is 2. The molecule has 0 aromatic carbocycles. The molecule has 6 heteroatoms. The molecule has 23 heavy (non-hydrogen) atoms. The number of amides is 1. The van der Waals surface area contributed by atoms with Crippen molar-refractivity contribution >= 4 is 5.91 Å². The Bertz CT molecular complexity index is 565. The van der Waals surface area contributed by atoms with Crippen LogP contribution in [0, 0.1) is 11.8 Å². The summed E-state index contributed by atoms with van der Waals surface area (Å²) in [7, 11) is 1.92. The van der Waals surface area contributed by atoms with Gasteiger partial charge in [0.1, 0.15) is 0 Å². The van der Waals surface area contributed by atoms with Crippen molar-refractivity contribution in [2.75, 3.05) is 19.6 Å². The second-order valence-electron chi connectivity index (χ2n) is 7.68. The Morgan fingerprint density at radius 1 is 1.35 bits per heavy atom. The van der Waals surface area contributed by atoms with E-state index in [2.05, 4.69) is 15.3 Å². The fraction of sp³-hybridized carbons (Fsp3) is 0.765. The van der Waals surface area contributed by atoms with E-state index < -0.39 is 0 Å². The van der Waals surface area contributed by atoms with Gasteiger partial charge < -0.3 is 11.1 Å². The van der Waals surface area contributed by atoms with Crippen molar-refractivity contribution < 1.29 is 4.79 Å². The lowest BCUT2D eigenvalue weighted by atomic mass is 9.98. The first-order valence-corrected chi connectivity index (χ1v) is 8.86. The topological polar surface area (TPSA) is 76.2 Å². The summed E-state index contributed by atoms with van der Waals surface area (Å²) < 4.78 is 1.81. The first-order valence-electron chi connectivity index (χ1n) is 8.86. The maximum absolute atomic E-state index is 12.4. The summed E-state index contributed by atoms with van der Waals surface area (Å²) in [6.07, 6.45) is 9.09. The van der Waals surface area contributed by atoms with Gasteiger partial charge in [0.25, 0.3) is 0 Å². The fourth-order valence-corrected chi connectivity index (χ4v) is 3.99. The molecule has 3 fully saturated rings. The first-order chi connectivity index (χ1) is 11.1. The molecule has 6 nitrogen and oxygen atoms in total. The predicted molar refractivity (Wildman–Crippen MR) is 87.7 cm³/mol. The van der Waals surface area contributed by atoms with Gasteiger partial charge >= 0.3 is 0 Å². The Morgan fingerprint density at radius 2 is 2.04 bits per heavy atom. The van der Waals surface area contributed by atoms with E-state index in [1.165, 1.54) is 31.2 Å². The van der Waals surface area contributed by atoms with Crippen LogP contribution in [0.1, 0.15) is 37.2 Å². The van der Waals surface area contributed by atoms with Crippen LogP contribution in [0.4, 0.5) is 0 Å². The Hall–Kier alpha value is -1.40. The number of nitrogens with zero attached hydrogens (tertiary/aromatic N) is 3. The maximum Gasteiger partial charge on any atom is 0.234 e. The molecule has 2 atom stereocenters. The van der Waals surface area contributed by atoms with Crippen LogP contribution in [0.25, 0.3) is 0 Å². The molecule has 1 aromatic heterocycles. The van der Waals surface area contributed by atoms with Crippen molar-refractivity contribution in [2.24, 2.45) is 24.6 Å². The van der Waals surface area contributed by atoms with Gasteiger partial charge in [0, 0.05) is 44.3 Å². The van der Waals surface area contributed by atoms with E-state index in [4.69, 9.17) is 5.73 Å². The molecule has 126 valence electrons. The molecular weight excluding hydrogens is 290 g/mol. The number of carbonyl (C=O) groups excluding carboxylic acids is 1. The normalized spacial score (nSPS) is 28.5. The van der Waals surface area contributed by atoms with E-state index >= 15 is 0 Å². The number of likely N-dealkylation sites (tertiary alicyclic amines) is 1. The zero-order valence-electron chi connectivity index (χ0n) is 13.8. The Balaban J connectivity index is 1.31. The molecule has 0 bridgehead atoms. The van der Waals surface area contributed by atoms with Crippen LogP contribution in [-0.2, 0) is 11.8 Å². The molecule has 0 radical (unpaired) electrons. The Kier molecular flexibility index (Phi) is 3.89. The van der Waals surface area contributed by atoms with Gasteiger partial charge in [-0.25, -0.2) is 0 Å². The molecule has 3 aliphatic rings. The van der Waals surface area contributed by atoms with Crippen molar-refractivity contribution in [3.63, 3.8) is 0 Å². The van der Waals surface area contributed by atoms with E-state index in [-0.39, 0.29) is 17.9 Å². The van der Waals surface area contributed by atoms with Crippen LogP contribution < -0.4 is 11.1 Å². The summed E-state index contributed by atoms with van der Waals surface area (Å²) in [4.78, 5) is 14.6. The second kappa shape index (κ2) is 5.91. The molecule has 4 rings (SSSR count). The van der Waals surface area contributed by atoms with Crippen molar-refractivity contribution in [3.05, 3.63) is 18.0 Å². The monoisotopic (exact) mass is 317 g/mol. The maximum atomic E-state index is 12.4. The smallest absolute Gasteiger partial charge is 0.234 e. The molecule has 0 unspecified atom stereocenters. The zero-order valence-corrected chi connectivity index (χ0v) is 13.8. The highest BCUT2D eigenvalue weighted by molar-refractivity contribution is 5.78. The second-order valence-corrected chi connectivity index (χ2v) is 7.68. The van der Waals surface area contributed by atoms with Crippen molar-refractivity contribution in [3.8, 4) is 0 Å². The molecule has 1 aromatic rings. The molecule has 2 heterocycles. The van der Waals surface area contributed by atoms with Gasteiger partial charge in [-0.3, -0.25) is 14.4 Å². The number of nitrogens with two attached hydrogens (primary N) is 1. The minimum atomic E-state index is 0.0784. The zero-order chi connectivity index (χ0) is 16.0. The fourth-order valence-electron chi connectivity index (χ4n) is 3.99. The lowest BCUT2D eigenvalue weighted by Gasteiger charge is -2.20. The molecular formula is C17H27N5O. The van der Waals surface area contributed by atoms with E-state index in [9.17, 15) is 4.79 Å². The Morgan fingerprint density at radius 3 is 2.61 bits per heavy atom. The predicted octanol–water partition coefficient (Wildman–Crippen LogP) is 0.451. The van der Waals surface area contributed by atoms with Gasteiger partial charge in [0.15, 0.2) is 0 Å². The molecule has 1 amide bonds. The number of aromatic nitrogens is 2.